The number of hydrogen-bond acceptors (Lipinski definition) is 2. The van der Waals surface area contributed by atoms with E-state index in [4.69, 9.17) is 9.84 Å². The third kappa shape index (κ3) is 4.58. The molecular formula is C10H11F3O2. The fraction of sp³-hybridized carbons (Fsp3) is 0.400. The Morgan fingerprint density at radius 3 is 2.47 bits per heavy atom. The predicted octanol–water partition coefficient (Wildman–Crippen LogP) is 3.03. The number of phenolic OH excluding ortho intramolecular Hbond substituents is 1. The van der Waals surface area contributed by atoms with Crippen LogP contribution in [0, 0.1) is 6.92 Å². The van der Waals surface area contributed by atoms with E-state index in [0.29, 0.717) is 0 Å². The van der Waals surface area contributed by atoms with Crippen LogP contribution < -0.4 is 4.74 Å². The van der Waals surface area contributed by atoms with Crippen molar-refractivity contribution in [2.75, 3.05) is 6.61 Å². The zero-order chi connectivity index (χ0) is 11.5. The average Bonchev–Trinajstić information content (AvgIpc) is 1.99. The molecule has 0 aliphatic rings. The monoisotopic (exact) mass is 220 g/mol. The molecule has 0 heterocycles. The van der Waals surface area contributed by atoms with Gasteiger partial charge in [-0.25, -0.2) is 0 Å². The standard InChI is InChI=1S/C10H11F3O2/c1-7-4-8(14)6-9(5-7)15-3-2-10(11,12)13/h4-6,14H,2-3H2,1H3. The Balaban J connectivity index is 2.51. The molecular weight excluding hydrogens is 209 g/mol. The molecule has 0 saturated heterocycles. The molecule has 84 valence electrons. The van der Waals surface area contributed by atoms with Crippen LogP contribution in [0.2, 0.25) is 0 Å². The van der Waals surface area contributed by atoms with Crippen LogP contribution in [0.3, 0.4) is 0 Å². The minimum absolute atomic E-state index is 0.0167. The zero-order valence-corrected chi connectivity index (χ0v) is 8.14. The lowest BCUT2D eigenvalue weighted by Gasteiger charge is -2.09. The van der Waals surface area contributed by atoms with Gasteiger partial charge in [-0.1, -0.05) is 0 Å². The van der Waals surface area contributed by atoms with E-state index in [1.807, 2.05) is 0 Å². The number of ether oxygens (including phenoxy) is 1. The third-order valence-electron chi connectivity index (χ3n) is 1.69. The highest BCUT2D eigenvalue weighted by molar-refractivity contribution is 5.36. The quantitative estimate of drug-likeness (QED) is 0.848. The van der Waals surface area contributed by atoms with Gasteiger partial charge < -0.3 is 9.84 Å². The molecule has 0 saturated carbocycles. The molecule has 0 aromatic heterocycles. The predicted molar refractivity (Wildman–Crippen MR) is 49.0 cm³/mol. The van der Waals surface area contributed by atoms with Gasteiger partial charge in [-0.05, 0) is 24.6 Å². The van der Waals surface area contributed by atoms with Crippen molar-refractivity contribution in [2.24, 2.45) is 0 Å². The Morgan fingerprint density at radius 1 is 1.27 bits per heavy atom. The van der Waals surface area contributed by atoms with Crippen LogP contribution in [0.15, 0.2) is 18.2 Å². The second kappa shape index (κ2) is 4.42. The number of phenols is 1. The molecule has 1 aromatic carbocycles. The van der Waals surface area contributed by atoms with Gasteiger partial charge in [0.05, 0.1) is 13.0 Å². The smallest absolute Gasteiger partial charge is 0.392 e. The lowest BCUT2D eigenvalue weighted by Crippen LogP contribution is -2.13. The van der Waals surface area contributed by atoms with Crippen molar-refractivity contribution in [3.05, 3.63) is 23.8 Å². The maximum Gasteiger partial charge on any atom is 0.392 e. The second-order valence-electron chi connectivity index (χ2n) is 3.22. The maximum absolute atomic E-state index is 11.8. The summed E-state index contributed by atoms with van der Waals surface area (Å²) < 4.78 is 40.2. The SMILES string of the molecule is Cc1cc(O)cc(OCCC(F)(F)F)c1. The molecule has 0 unspecified atom stereocenters. The van der Waals surface area contributed by atoms with Crippen LogP contribution in [-0.2, 0) is 0 Å². The van der Waals surface area contributed by atoms with Gasteiger partial charge in [0.25, 0.3) is 0 Å². The largest absolute Gasteiger partial charge is 0.508 e. The fourth-order valence-electron chi connectivity index (χ4n) is 1.10. The number of alkyl halides is 3. The molecule has 0 bridgehead atoms. The third-order valence-corrected chi connectivity index (χ3v) is 1.69. The average molecular weight is 220 g/mol. The molecule has 0 aliphatic carbocycles. The summed E-state index contributed by atoms with van der Waals surface area (Å²) in [6.07, 6.45) is -5.21. The Labute approximate surface area is 85.3 Å². The molecule has 5 heteroatoms. The highest BCUT2D eigenvalue weighted by atomic mass is 19.4. The van der Waals surface area contributed by atoms with Crippen LogP contribution in [0.1, 0.15) is 12.0 Å². The van der Waals surface area contributed by atoms with E-state index in [2.05, 4.69) is 0 Å². The summed E-state index contributed by atoms with van der Waals surface area (Å²) in [6.45, 7) is 1.28. The van der Waals surface area contributed by atoms with Crippen molar-refractivity contribution >= 4 is 0 Å². The summed E-state index contributed by atoms with van der Waals surface area (Å²) in [4.78, 5) is 0. The molecule has 0 amide bonds. The molecule has 0 atom stereocenters. The van der Waals surface area contributed by atoms with Crippen LogP contribution >= 0.6 is 0 Å². The number of hydrogen-bond donors (Lipinski definition) is 1. The summed E-state index contributed by atoms with van der Waals surface area (Å²) in [5, 5.41) is 9.15. The van der Waals surface area contributed by atoms with Crippen LogP contribution in [0.25, 0.3) is 0 Å². The van der Waals surface area contributed by atoms with Crippen molar-refractivity contribution in [2.45, 2.75) is 19.5 Å². The van der Waals surface area contributed by atoms with Crippen molar-refractivity contribution in [1.29, 1.82) is 0 Å². The topological polar surface area (TPSA) is 29.5 Å². The minimum Gasteiger partial charge on any atom is -0.508 e. The van der Waals surface area contributed by atoms with E-state index in [1.54, 1.807) is 13.0 Å². The van der Waals surface area contributed by atoms with E-state index < -0.39 is 19.2 Å². The van der Waals surface area contributed by atoms with Crippen molar-refractivity contribution in [3.63, 3.8) is 0 Å². The first kappa shape index (κ1) is 11.7. The molecule has 1 aromatic rings. The number of benzene rings is 1. The molecule has 0 radical (unpaired) electrons. The molecule has 15 heavy (non-hydrogen) atoms. The van der Waals surface area contributed by atoms with Gasteiger partial charge in [0, 0.05) is 6.07 Å². The normalized spacial score (nSPS) is 11.5. The molecule has 2 nitrogen and oxygen atoms in total. The second-order valence-corrected chi connectivity index (χ2v) is 3.22. The molecule has 1 N–H and O–H groups in total. The number of aromatic hydroxyl groups is 1. The molecule has 0 fully saturated rings. The van der Waals surface area contributed by atoms with Crippen molar-refractivity contribution in [3.8, 4) is 11.5 Å². The number of halogens is 3. The van der Waals surface area contributed by atoms with Gasteiger partial charge >= 0.3 is 6.18 Å². The highest BCUT2D eigenvalue weighted by Crippen LogP contribution is 2.23. The first-order valence-corrected chi connectivity index (χ1v) is 4.37. The number of rotatable bonds is 3. The van der Waals surface area contributed by atoms with Crippen LogP contribution in [0.5, 0.6) is 11.5 Å². The maximum atomic E-state index is 11.8. The molecule has 1 rings (SSSR count). The van der Waals surface area contributed by atoms with Crippen molar-refractivity contribution in [1.82, 2.24) is 0 Å². The van der Waals surface area contributed by atoms with Gasteiger partial charge in [0.1, 0.15) is 11.5 Å². The van der Waals surface area contributed by atoms with Gasteiger partial charge in [-0.3, -0.25) is 0 Å². The number of aryl methyl sites for hydroxylation is 1. The van der Waals surface area contributed by atoms with E-state index in [0.717, 1.165) is 5.56 Å². The first-order chi connectivity index (χ1) is 6.87. The lowest BCUT2D eigenvalue weighted by molar-refractivity contribution is -0.139. The Hall–Kier alpha value is -1.39. The van der Waals surface area contributed by atoms with Gasteiger partial charge in [0.2, 0.25) is 0 Å². The van der Waals surface area contributed by atoms with E-state index >= 15 is 0 Å². The minimum atomic E-state index is -4.22. The summed E-state index contributed by atoms with van der Waals surface area (Å²) in [5.74, 6) is 0.230. The van der Waals surface area contributed by atoms with E-state index in [9.17, 15) is 13.2 Å². The summed E-state index contributed by atoms with van der Waals surface area (Å²) >= 11 is 0. The molecule has 0 spiro atoms. The molecule has 0 aliphatic heterocycles. The van der Waals surface area contributed by atoms with E-state index in [-0.39, 0.29) is 11.5 Å². The summed E-state index contributed by atoms with van der Waals surface area (Å²) in [6, 6.07) is 4.34. The van der Waals surface area contributed by atoms with Gasteiger partial charge in [0.15, 0.2) is 0 Å². The summed E-state index contributed by atoms with van der Waals surface area (Å²) in [7, 11) is 0. The lowest BCUT2D eigenvalue weighted by atomic mass is 10.2. The Bertz CT molecular complexity index is 314. The van der Waals surface area contributed by atoms with Crippen LogP contribution in [-0.4, -0.2) is 17.9 Å². The zero-order valence-electron chi connectivity index (χ0n) is 8.14. The van der Waals surface area contributed by atoms with Gasteiger partial charge in [-0.15, -0.1) is 0 Å². The van der Waals surface area contributed by atoms with Gasteiger partial charge in [-0.2, -0.15) is 13.2 Å². The summed E-state index contributed by atoms with van der Waals surface area (Å²) in [5.41, 5.74) is 0.733. The van der Waals surface area contributed by atoms with E-state index in [1.165, 1.54) is 12.1 Å². The van der Waals surface area contributed by atoms with Crippen LogP contribution in [0.4, 0.5) is 13.2 Å². The van der Waals surface area contributed by atoms with Crippen molar-refractivity contribution < 1.29 is 23.0 Å². The Morgan fingerprint density at radius 2 is 1.93 bits per heavy atom. The fourth-order valence-corrected chi connectivity index (χ4v) is 1.10. The highest BCUT2D eigenvalue weighted by Gasteiger charge is 2.26. The Kier molecular flexibility index (Phi) is 3.44. The first-order valence-electron chi connectivity index (χ1n) is 4.37.